The molecular formula is C34H32F2N8OS. The first-order valence-electron chi connectivity index (χ1n) is 15.2. The molecule has 0 aliphatic carbocycles. The molecule has 1 fully saturated rings. The highest BCUT2D eigenvalue weighted by Gasteiger charge is 2.26. The van der Waals surface area contributed by atoms with Gasteiger partial charge in [-0.05, 0) is 61.1 Å². The maximum atomic E-state index is 14.2. The van der Waals surface area contributed by atoms with E-state index >= 15 is 0 Å². The fraction of sp³-hybridized carbons (Fsp3) is 0.235. The minimum Gasteiger partial charge on any atom is -0.369 e. The van der Waals surface area contributed by atoms with Crippen LogP contribution in [-0.2, 0) is 6.54 Å². The fourth-order valence-electron chi connectivity index (χ4n) is 5.85. The molecule has 2 aromatic heterocycles. The largest absolute Gasteiger partial charge is 0.369 e. The lowest BCUT2D eigenvalue weighted by molar-refractivity contribution is 0.101. The molecule has 0 bridgehead atoms. The van der Waals surface area contributed by atoms with Gasteiger partial charge in [-0.3, -0.25) is 4.79 Å². The third kappa shape index (κ3) is 6.05. The Morgan fingerprint density at radius 2 is 1.65 bits per heavy atom. The van der Waals surface area contributed by atoms with Crippen LogP contribution in [0.4, 0.5) is 31.8 Å². The van der Waals surface area contributed by atoms with Gasteiger partial charge in [-0.1, -0.05) is 36.9 Å². The minimum atomic E-state index is -0.923. The number of nitrogens with zero attached hydrogens (tertiary/aromatic N) is 6. The number of hydrogen-bond donors (Lipinski definition) is 2. The first-order chi connectivity index (χ1) is 22.5. The molecule has 5 aromatic rings. The van der Waals surface area contributed by atoms with Crippen molar-refractivity contribution in [2.45, 2.75) is 18.6 Å². The Kier molecular flexibility index (Phi) is 8.37. The molecule has 46 heavy (non-hydrogen) atoms. The Hall–Kier alpha value is -4.81. The normalized spacial score (nSPS) is 14.7. The second-order valence-electron chi connectivity index (χ2n) is 11.1. The number of aromatic nitrogens is 4. The molecule has 0 radical (unpaired) electrons. The van der Waals surface area contributed by atoms with Crippen LogP contribution in [0, 0.1) is 11.6 Å². The van der Waals surface area contributed by atoms with E-state index in [0.29, 0.717) is 23.0 Å². The molecule has 0 spiro atoms. The molecule has 2 aliphatic rings. The summed E-state index contributed by atoms with van der Waals surface area (Å²) in [7, 11) is 0. The highest BCUT2D eigenvalue weighted by molar-refractivity contribution is 7.99. The minimum absolute atomic E-state index is 0.387. The molecule has 2 N–H and O–H groups in total. The van der Waals surface area contributed by atoms with E-state index in [1.165, 1.54) is 11.8 Å². The quantitative estimate of drug-likeness (QED) is 0.198. The number of imidazole rings is 1. The lowest BCUT2D eigenvalue weighted by Crippen LogP contribution is -2.46. The smallest absolute Gasteiger partial charge is 0.261 e. The van der Waals surface area contributed by atoms with Gasteiger partial charge in [-0.15, -0.1) is 0 Å². The average Bonchev–Trinajstić information content (AvgIpc) is 3.67. The number of piperazine rings is 1. The van der Waals surface area contributed by atoms with Crippen molar-refractivity contribution in [3.05, 3.63) is 96.2 Å². The first-order valence-corrected chi connectivity index (χ1v) is 16.2. The summed E-state index contributed by atoms with van der Waals surface area (Å²) in [5.74, 6) is -1.35. The van der Waals surface area contributed by atoms with Gasteiger partial charge >= 0.3 is 0 Å². The summed E-state index contributed by atoms with van der Waals surface area (Å²) in [5, 5.41) is 6.84. The van der Waals surface area contributed by atoms with Gasteiger partial charge in [-0.2, -0.15) is 0 Å². The van der Waals surface area contributed by atoms with E-state index in [1.54, 1.807) is 36.2 Å². The fourth-order valence-corrected chi connectivity index (χ4v) is 6.80. The number of amides is 1. The Morgan fingerprint density at radius 1 is 0.891 bits per heavy atom. The van der Waals surface area contributed by atoms with Crippen LogP contribution in [0.15, 0.2) is 84.1 Å². The van der Waals surface area contributed by atoms with Crippen molar-refractivity contribution in [2.24, 2.45) is 0 Å². The SMILES string of the molecule is CCN1CCN(c2ccc(Nc3nccc(-c4c(-c5cccc(NC(=O)c6c(F)cccc6F)c5)nc5n4CCS5)n3)cc2)CC1. The van der Waals surface area contributed by atoms with Crippen LogP contribution < -0.4 is 15.5 Å². The lowest BCUT2D eigenvalue weighted by atomic mass is 10.1. The summed E-state index contributed by atoms with van der Waals surface area (Å²) in [6.07, 6.45) is 1.72. The molecule has 234 valence electrons. The molecule has 3 aromatic carbocycles. The third-order valence-corrected chi connectivity index (χ3v) is 9.23. The summed E-state index contributed by atoms with van der Waals surface area (Å²) in [4.78, 5) is 31.9. The van der Waals surface area contributed by atoms with Gasteiger partial charge in [0.1, 0.15) is 17.2 Å². The molecule has 7 rings (SSSR count). The third-order valence-electron chi connectivity index (χ3n) is 8.27. The highest BCUT2D eigenvalue weighted by Crippen LogP contribution is 2.39. The maximum absolute atomic E-state index is 14.2. The maximum Gasteiger partial charge on any atom is 0.261 e. The summed E-state index contributed by atoms with van der Waals surface area (Å²) < 4.78 is 30.6. The van der Waals surface area contributed by atoms with Crippen LogP contribution in [0.2, 0.25) is 0 Å². The zero-order valence-electron chi connectivity index (χ0n) is 25.2. The van der Waals surface area contributed by atoms with E-state index in [4.69, 9.17) is 9.97 Å². The van der Waals surface area contributed by atoms with Crippen molar-refractivity contribution in [1.82, 2.24) is 24.4 Å². The van der Waals surface area contributed by atoms with Crippen LogP contribution in [0.1, 0.15) is 17.3 Å². The van der Waals surface area contributed by atoms with Crippen molar-refractivity contribution in [3.8, 4) is 22.6 Å². The number of carbonyl (C=O) groups is 1. The summed E-state index contributed by atoms with van der Waals surface area (Å²) in [6, 6.07) is 20.6. The van der Waals surface area contributed by atoms with Gasteiger partial charge in [0.2, 0.25) is 5.95 Å². The van der Waals surface area contributed by atoms with E-state index in [2.05, 4.69) is 49.0 Å². The van der Waals surface area contributed by atoms with Gasteiger partial charge in [0, 0.05) is 67.3 Å². The number of nitrogens with one attached hydrogen (secondary N) is 2. The number of thioether (sulfide) groups is 1. The molecule has 12 heteroatoms. The molecule has 0 atom stereocenters. The van der Waals surface area contributed by atoms with Gasteiger partial charge in [0.25, 0.3) is 5.91 Å². The summed E-state index contributed by atoms with van der Waals surface area (Å²) in [5.41, 5.74) is 4.79. The summed E-state index contributed by atoms with van der Waals surface area (Å²) >= 11 is 1.66. The standard InChI is InChI=1S/C34H32F2N8OS/c1-2-42-15-17-43(18-16-42)25-11-9-23(10-12-25)39-33-37-14-13-28(40-33)31-30(41-34-44(31)19-20-46-34)22-5-3-6-24(21-22)38-32(45)29-26(35)7-4-8-27(29)36/h3-14,21H,2,15-20H2,1H3,(H,38,45)(H,37,39,40). The molecule has 2 aliphatic heterocycles. The van der Waals surface area contributed by atoms with Gasteiger partial charge in [0.05, 0.1) is 17.1 Å². The molecule has 0 unspecified atom stereocenters. The van der Waals surface area contributed by atoms with Crippen LogP contribution in [0.5, 0.6) is 0 Å². The van der Waals surface area contributed by atoms with Crippen LogP contribution in [0.3, 0.4) is 0 Å². The number of anilines is 4. The zero-order chi connectivity index (χ0) is 31.6. The molecule has 9 nitrogen and oxygen atoms in total. The molecule has 1 saturated heterocycles. The predicted octanol–water partition coefficient (Wildman–Crippen LogP) is 6.53. The van der Waals surface area contributed by atoms with Crippen LogP contribution >= 0.6 is 11.8 Å². The van der Waals surface area contributed by atoms with E-state index in [0.717, 1.165) is 79.3 Å². The van der Waals surface area contributed by atoms with E-state index in [9.17, 15) is 13.6 Å². The second-order valence-corrected chi connectivity index (χ2v) is 12.1. The number of likely N-dealkylation sites (N-methyl/N-ethyl adjacent to an activating group) is 1. The topological polar surface area (TPSA) is 91.2 Å². The monoisotopic (exact) mass is 638 g/mol. The second kappa shape index (κ2) is 12.9. The number of carbonyl (C=O) groups excluding carboxylic acids is 1. The van der Waals surface area contributed by atoms with Crippen LogP contribution in [-0.4, -0.2) is 68.8 Å². The average molecular weight is 639 g/mol. The lowest BCUT2D eigenvalue weighted by Gasteiger charge is -2.35. The van der Waals surface area contributed by atoms with E-state index < -0.39 is 23.1 Å². The Morgan fingerprint density at radius 3 is 2.41 bits per heavy atom. The van der Waals surface area contributed by atoms with Gasteiger partial charge < -0.3 is 25.0 Å². The predicted molar refractivity (Wildman–Crippen MR) is 178 cm³/mol. The first kappa shape index (κ1) is 29.9. The summed E-state index contributed by atoms with van der Waals surface area (Å²) in [6.45, 7) is 8.23. The zero-order valence-corrected chi connectivity index (χ0v) is 26.0. The van der Waals surface area contributed by atoms with Crippen LogP contribution in [0.25, 0.3) is 22.6 Å². The van der Waals surface area contributed by atoms with E-state index in [1.807, 2.05) is 24.3 Å². The van der Waals surface area contributed by atoms with Crippen molar-refractivity contribution < 1.29 is 13.6 Å². The van der Waals surface area contributed by atoms with Crippen molar-refractivity contribution in [3.63, 3.8) is 0 Å². The van der Waals surface area contributed by atoms with Gasteiger partial charge in [0.15, 0.2) is 5.16 Å². The molecular weight excluding hydrogens is 606 g/mol. The Labute approximate surface area is 269 Å². The molecule has 4 heterocycles. The number of hydrogen-bond acceptors (Lipinski definition) is 8. The van der Waals surface area contributed by atoms with Crippen molar-refractivity contribution >= 4 is 40.7 Å². The molecule has 1 amide bonds. The number of fused-ring (bicyclic) bond motifs is 1. The number of halogens is 2. The number of benzene rings is 3. The van der Waals surface area contributed by atoms with Crippen molar-refractivity contribution in [2.75, 3.05) is 54.0 Å². The van der Waals surface area contributed by atoms with Crippen molar-refractivity contribution in [1.29, 1.82) is 0 Å². The Balaban J connectivity index is 1.13. The van der Waals surface area contributed by atoms with E-state index in [-0.39, 0.29) is 0 Å². The van der Waals surface area contributed by atoms with Gasteiger partial charge in [-0.25, -0.2) is 23.7 Å². The molecule has 0 saturated carbocycles. The number of rotatable bonds is 8. The Bertz CT molecular complexity index is 1870. The highest BCUT2D eigenvalue weighted by atomic mass is 32.2.